The summed E-state index contributed by atoms with van der Waals surface area (Å²) in [4.78, 5) is 29.8. The second-order valence-electron chi connectivity index (χ2n) is 7.73. The second-order valence-corrected chi connectivity index (χ2v) is 9.69. The maximum atomic E-state index is 13.1. The minimum atomic E-state index is 0.110. The zero-order valence-electron chi connectivity index (χ0n) is 16.8. The number of nitrogens with zero attached hydrogens (tertiary/aromatic N) is 4. The molecule has 0 radical (unpaired) electrons. The minimum absolute atomic E-state index is 0.110. The highest BCUT2D eigenvalue weighted by Crippen LogP contribution is 2.38. The lowest BCUT2D eigenvalue weighted by Crippen LogP contribution is -2.36. The van der Waals surface area contributed by atoms with E-state index in [2.05, 4.69) is 35.1 Å². The van der Waals surface area contributed by atoms with Crippen LogP contribution in [0.25, 0.3) is 31.3 Å². The summed E-state index contributed by atoms with van der Waals surface area (Å²) in [5, 5.41) is 2.97. The van der Waals surface area contributed by atoms with Crippen LogP contribution in [-0.2, 0) is 11.2 Å². The molecule has 5 aromatic rings. The molecule has 1 aliphatic heterocycles. The Balaban J connectivity index is 1.33. The highest BCUT2D eigenvalue weighted by Gasteiger charge is 2.30. The second kappa shape index (κ2) is 7.28. The fourth-order valence-electron chi connectivity index (χ4n) is 4.33. The normalized spacial score (nSPS) is 15.8. The van der Waals surface area contributed by atoms with Gasteiger partial charge in [0.1, 0.15) is 16.2 Å². The van der Waals surface area contributed by atoms with Crippen LogP contribution >= 0.6 is 23.1 Å². The van der Waals surface area contributed by atoms with Crippen LogP contribution in [0.2, 0.25) is 0 Å². The summed E-state index contributed by atoms with van der Waals surface area (Å²) >= 11 is 3.08. The van der Waals surface area contributed by atoms with Crippen LogP contribution in [0.3, 0.4) is 0 Å². The first-order valence-electron chi connectivity index (χ1n) is 10.1. The molecule has 3 aromatic heterocycles. The van der Waals surface area contributed by atoms with Crippen LogP contribution in [-0.4, -0.2) is 32.7 Å². The molecule has 5 nitrogen and oxygen atoms in total. The van der Waals surface area contributed by atoms with Gasteiger partial charge in [-0.1, -0.05) is 48.2 Å². The lowest BCUT2D eigenvalue weighted by atomic mass is 10.1. The summed E-state index contributed by atoms with van der Waals surface area (Å²) in [6.45, 7) is 2.10. The molecule has 1 amide bonds. The molecule has 1 aliphatic rings. The summed E-state index contributed by atoms with van der Waals surface area (Å²) in [7, 11) is 0. The SMILES string of the molecule is C[C@H]1Cc2ccccc2N1C(=O)CSc1ncnc2c1sc1nc3ccccc3cc12. The molecule has 0 N–H and O–H groups in total. The van der Waals surface area contributed by atoms with E-state index < -0.39 is 0 Å². The van der Waals surface area contributed by atoms with Crippen molar-refractivity contribution in [2.24, 2.45) is 0 Å². The van der Waals surface area contributed by atoms with Crippen LogP contribution in [0, 0.1) is 0 Å². The third kappa shape index (κ3) is 3.07. The quantitative estimate of drug-likeness (QED) is 0.274. The van der Waals surface area contributed by atoms with Crippen LogP contribution < -0.4 is 4.90 Å². The van der Waals surface area contributed by atoms with E-state index >= 15 is 0 Å². The molecule has 1 atom stereocenters. The number of hydrogen-bond acceptors (Lipinski definition) is 6. The molecule has 0 spiro atoms. The van der Waals surface area contributed by atoms with Gasteiger partial charge in [0.15, 0.2) is 0 Å². The molecule has 0 aliphatic carbocycles. The van der Waals surface area contributed by atoms with Gasteiger partial charge in [0.25, 0.3) is 0 Å². The zero-order chi connectivity index (χ0) is 20.9. The van der Waals surface area contributed by atoms with Gasteiger partial charge in [-0.05, 0) is 37.1 Å². The lowest BCUT2D eigenvalue weighted by molar-refractivity contribution is -0.116. The number of para-hydroxylation sites is 2. The smallest absolute Gasteiger partial charge is 0.237 e. The Bertz CT molecular complexity index is 1480. The lowest BCUT2D eigenvalue weighted by Gasteiger charge is -2.22. The number of carbonyl (C=O) groups excluding carboxylic acids is 1. The molecule has 7 heteroatoms. The van der Waals surface area contributed by atoms with Crippen molar-refractivity contribution >= 4 is 66.0 Å². The molecule has 0 bridgehead atoms. The Labute approximate surface area is 187 Å². The van der Waals surface area contributed by atoms with Crippen LogP contribution in [0.4, 0.5) is 5.69 Å². The number of pyridine rings is 1. The van der Waals surface area contributed by atoms with Crippen molar-refractivity contribution in [3.05, 3.63) is 66.5 Å². The standard InChI is InChI=1S/C24H18N4OS2/c1-14-10-16-7-3-5-9-19(16)28(14)20(29)12-30-24-22-21(25-13-26-24)17-11-15-6-2-4-8-18(15)27-23(17)31-22/h2-9,11,13-14H,10,12H2,1H3/t14-/m0/s1. The largest absolute Gasteiger partial charge is 0.308 e. The van der Waals surface area contributed by atoms with Crippen molar-refractivity contribution in [1.82, 2.24) is 15.0 Å². The Morgan fingerprint density at radius 2 is 2.00 bits per heavy atom. The Morgan fingerprint density at radius 3 is 2.94 bits per heavy atom. The molecule has 31 heavy (non-hydrogen) atoms. The van der Waals surface area contributed by atoms with Gasteiger partial charge in [0, 0.05) is 22.5 Å². The van der Waals surface area contributed by atoms with E-state index in [1.165, 1.54) is 17.3 Å². The van der Waals surface area contributed by atoms with E-state index in [4.69, 9.17) is 4.98 Å². The predicted molar refractivity (Wildman–Crippen MR) is 128 cm³/mol. The monoisotopic (exact) mass is 442 g/mol. The van der Waals surface area contributed by atoms with Crippen molar-refractivity contribution in [2.75, 3.05) is 10.7 Å². The molecule has 2 aromatic carbocycles. The first-order valence-corrected chi connectivity index (χ1v) is 11.9. The third-order valence-corrected chi connectivity index (χ3v) is 7.92. The van der Waals surface area contributed by atoms with Gasteiger partial charge < -0.3 is 4.90 Å². The number of hydrogen-bond donors (Lipinski definition) is 0. The molecule has 6 rings (SSSR count). The summed E-state index contributed by atoms with van der Waals surface area (Å²) in [5.41, 5.74) is 4.15. The molecule has 0 unspecified atom stereocenters. The summed E-state index contributed by atoms with van der Waals surface area (Å²) < 4.78 is 0.993. The maximum Gasteiger partial charge on any atom is 0.237 e. The number of amides is 1. The third-order valence-electron chi connectivity index (χ3n) is 5.72. The zero-order valence-corrected chi connectivity index (χ0v) is 18.4. The number of thiophene rings is 1. The average molecular weight is 443 g/mol. The fraction of sp³-hybridized carbons (Fsp3) is 0.167. The van der Waals surface area contributed by atoms with Gasteiger partial charge in [-0.3, -0.25) is 4.79 Å². The van der Waals surface area contributed by atoms with Gasteiger partial charge >= 0.3 is 0 Å². The topological polar surface area (TPSA) is 59.0 Å². The molecule has 0 fully saturated rings. The van der Waals surface area contributed by atoms with E-state index in [1.54, 1.807) is 17.7 Å². The molecular formula is C24H18N4OS2. The maximum absolute atomic E-state index is 13.1. The summed E-state index contributed by atoms with van der Waals surface area (Å²) in [6, 6.07) is 18.6. The first kappa shape index (κ1) is 18.7. The number of rotatable bonds is 3. The highest BCUT2D eigenvalue weighted by molar-refractivity contribution is 8.00. The van der Waals surface area contributed by atoms with Crippen molar-refractivity contribution < 1.29 is 4.79 Å². The van der Waals surface area contributed by atoms with Gasteiger partial charge in [0.05, 0.1) is 21.5 Å². The molecule has 0 saturated heterocycles. The molecule has 152 valence electrons. The highest BCUT2D eigenvalue weighted by atomic mass is 32.2. The van der Waals surface area contributed by atoms with Crippen LogP contribution in [0.5, 0.6) is 0 Å². The van der Waals surface area contributed by atoms with Gasteiger partial charge in [0.2, 0.25) is 5.91 Å². The average Bonchev–Trinajstić information content (AvgIpc) is 3.32. The summed E-state index contributed by atoms with van der Waals surface area (Å²) in [5.74, 6) is 0.452. The molecular weight excluding hydrogens is 424 g/mol. The van der Waals surface area contributed by atoms with Crippen molar-refractivity contribution in [1.29, 1.82) is 0 Å². The molecule has 4 heterocycles. The van der Waals surface area contributed by atoms with Gasteiger partial charge in [-0.2, -0.15) is 0 Å². The van der Waals surface area contributed by atoms with E-state index in [1.807, 2.05) is 41.3 Å². The van der Waals surface area contributed by atoms with Crippen LogP contribution in [0.15, 0.2) is 66.0 Å². The van der Waals surface area contributed by atoms with Gasteiger partial charge in [-0.15, -0.1) is 11.3 Å². The molecule has 0 saturated carbocycles. The Morgan fingerprint density at radius 1 is 1.16 bits per heavy atom. The number of benzene rings is 2. The van der Waals surface area contributed by atoms with Crippen molar-refractivity contribution in [2.45, 2.75) is 24.4 Å². The van der Waals surface area contributed by atoms with Crippen molar-refractivity contribution in [3.8, 4) is 0 Å². The number of anilines is 1. The van der Waals surface area contributed by atoms with E-state index in [-0.39, 0.29) is 11.9 Å². The number of fused-ring (bicyclic) bond motifs is 5. The number of aromatic nitrogens is 3. The van der Waals surface area contributed by atoms with E-state index in [0.717, 1.165) is 48.5 Å². The fourth-order valence-corrected chi connectivity index (χ4v) is 6.38. The summed E-state index contributed by atoms with van der Waals surface area (Å²) in [6.07, 6.45) is 2.49. The Hall–Kier alpha value is -3.03. The number of carbonyl (C=O) groups is 1. The minimum Gasteiger partial charge on any atom is -0.308 e. The van der Waals surface area contributed by atoms with E-state index in [9.17, 15) is 4.79 Å². The van der Waals surface area contributed by atoms with Crippen LogP contribution in [0.1, 0.15) is 12.5 Å². The van der Waals surface area contributed by atoms with Gasteiger partial charge in [-0.25, -0.2) is 15.0 Å². The predicted octanol–water partition coefficient (Wildman–Crippen LogP) is 5.46. The van der Waals surface area contributed by atoms with E-state index in [0.29, 0.717) is 5.75 Å². The first-order chi connectivity index (χ1) is 15.2. The van der Waals surface area contributed by atoms with Crippen molar-refractivity contribution in [3.63, 3.8) is 0 Å². The number of thioether (sulfide) groups is 1. The Kier molecular flexibility index (Phi) is 4.40.